The highest BCUT2D eigenvalue weighted by atomic mass is 16.2. The van der Waals surface area contributed by atoms with E-state index in [1.54, 1.807) is 19.1 Å². The Hall–Kier alpha value is -2.50. The zero-order chi connectivity index (χ0) is 16.9. The van der Waals surface area contributed by atoms with Gasteiger partial charge in [0.05, 0.1) is 24.7 Å². The molecule has 1 saturated carbocycles. The monoisotopic (exact) mass is 300 g/mol. The first kappa shape index (κ1) is 13.2. The molecule has 2 N–H and O–H groups in total. The highest BCUT2D eigenvalue weighted by molar-refractivity contribution is 6.03. The van der Waals surface area contributed by atoms with E-state index >= 15 is 0 Å². The Morgan fingerprint density at radius 3 is 2.73 bits per heavy atom. The lowest BCUT2D eigenvalue weighted by Crippen LogP contribution is -2.36. The molecule has 114 valence electrons. The molecule has 0 aliphatic heterocycles. The second-order valence-corrected chi connectivity index (χ2v) is 5.63. The van der Waals surface area contributed by atoms with E-state index in [2.05, 4.69) is 4.98 Å². The van der Waals surface area contributed by atoms with Crippen LogP contribution in [0.1, 0.15) is 38.0 Å². The fraction of sp³-hybridized carbons (Fsp3) is 0.375. The molecule has 6 nitrogen and oxygen atoms in total. The number of nitrogens with zero attached hydrogens (tertiary/aromatic N) is 2. The van der Waals surface area contributed by atoms with Crippen LogP contribution in [0.3, 0.4) is 0 Å². The van der Waals surface area contributed by atoms with Crippen molar-refractivity contribution in [2.24, 2.45) is 0 Å². The zero-order valence-corrected chi connectivity index (χ0v) is 12.5. The molecule has 0 saturated heterocycles. The summed E-state index contributed by atoms with van der Waals surface area (Å²) in [5.41, 5.74) is 7.04. The minimum absolute atomic E-state index is 0.0234. The number of Topliss-reactive ketones (excluding diaryl/α,β-unsaturated/α-hetero) is 2. The first-order valence-corrected chi connectivity index (χ1v) is 7.09. The van der Waals surface area contributed by atoms with Gasteiger partial charge in [-0.25, -0.2) is 4.98 Å². The second kappa shape index (κ2) is 5.05. The number of benzene rings is 1. The van der Waals surface area contributed by atoms with E-state index in [1.165, 1.54) is 0 Å². The fourth-order valence-corrected chi connectivity index (χ4v) is 2.92. The van der Waals surface area contributed by atoms with E-state index < -0.39 is 17.4 Å². The van der Waals surface area contributed by atoms with Crippen LogP contribution < -0.4 is 11.3 Å². The summed E-state index contributed by atoms with van der Waals surface area (Å²) in [6.07, 6.45) is -0.246. The predicted molar refractivity (Wildman–Crippen MR) is 82.8 cm³/mol. The molecule has 22 heavy (non-hydrogen) atoms. The smallest absolute Gasteiger partial charge is 0.264 e. The van der Waals surface area contributed by atoms with Crippen LogP contribution >= 0.6 is 0 Å². The van der Waals surface area contributed by atoms with Crippen molar-refractivity contribution in [2.45, 2.75) is 39.1 Å². The van der Waals surface area contributed by atoms with Gasteiger partial charge in [0.25, 0.3) is 5.56 Å². The van der Waals surface area contributed by atoms with Crippen molar-refractivity contribution >= 4 is 28.2 Å². The number of fused-ring (bicyclic) bond motifs is 1. The van der Waals surface area contributed by atoms with E-state index in [1.807, 2.05) is 6.92 Å². The van der Waals surface area contributed by atoms with Gasteiger partial charge < -0.3 is 5.73 Å². The van der Waals surface area contributed by atoms with Crippen LogP contribution in [0.15, 0.2) is 16.9 Å². The van der Waals surface area contributed by atoms with Crippen molar-refractivity contribution < 1.29 is 11.0 Å². The lowest BCUT2D eigenvalue weighted by molar-refractivity contribution is -0.132. The van der Waals surface area contributed by atoms with Crippen LogP contribution in [0.5, 0.6) is 0 Å². The molecule has 0 unspecified atom stereocenters. The summed E-state index contributed by atoms with van der Waals surface area (Å²) in [7, 11) is 0. The number of carbonyl (C=O) groups is 2. The average molecular weight is 300 g/mol. The Labute approximate surface area is 128 Å². The molecule has 1 aromatic heterocycles. The number of aryl methyl sites for hydroxylation is 2. The maximum absolute atomic E-state index is 12.9. The first-order valence-electron chi connectivity index (χ1n) is 7.59. The number of nitrogens with two attached hydrogens (primary N) is 1. The van der Waals surface area contributed by atoms with Gasteiger partial charge in [0, 0.05) is 12.1 Å². The number of hydrogen-bond donors (Lipinski definition) is 1. The van der Waals surface area contributed by atoms with Gasteiger partial charge in [0.2, 0.25) is 0 Å². The minimum atomic E-state index is -1.80. The summed E-state index contributed by atoms with van der Waals surface area (Å²) in [6, 6.07) is 1.61. The average Bonchev–Trinajstić information content (AvgIpc) is 2.42. The van der Waals surface area contributed by atoms with Gasteiger partial charge in [0.15, 0.2) is 5.78 Å². The van der Waals surface area contributed by atoms with E-state index in [-0.39, 0.29) is 41.9 Å². The van der Waals surface area contributed by atoms with E-state index in [0.717, 1.165) is 10.1 Å². The summed E-state index contributed by atoms with van der Waals surface area (Å²) >= 11 is 0. The summed E-state index contributed by atoms with van der Waals surface area (Å²) in [4.78, 5) is 41.0. The highest BCUT2D eigenvalue weighted by Gasteiger charge is 2.30. The molecule has 2 aromatic rings. The van der Waals surface area contributed by atoms with Crippen LogP contribution in [0.25, 0.3) is 10.9 Å². The molecule has 0 bridgehead atoms. The lowest BCUT2D eigenvalue weighted by atomic mass is 9.92. The van der Waals surface area contributed by atoms with Gasteiger partial charge in [0.1, 0.15) is 11.6 Å². The zero-order valence-electron chi connectivity index (χ0n) is 13.5. The third-order valence-electron chi connectivity index (χ3n) is 3.91. The quantitative estimate of drug-likeness (QED) is 0.635. The van der Waals surface area contributed by atoms with Gasteiger partial charge in [-0.2, -0.15) is 0 Å². The molecule has 0 radical (unpaired) electrons. The van der Waals surface area contributed by atoms with Gasteiger partial charge in [-0.3, -0.25) is 19.0 Å². The van der Waals surface area contributed by atoms with Crippen LogP contribution in [-0.4, -0.2) is 21.1 Å². The van der Waals surface area contributed by atoms with Crippen molar-refractivity contribution in [3.63, 3.8) is 0 Å². The maximum atomic E-state index is 12.9. The number of rotatable bonds is 1. The number of carbonyl (C=O) groups excluding carboxylic acids is 2. The van der Waals surface area contributed by atoms with Crippen molar-refractivity contribution in [3.05, 3.63) is 33.9 Å². The predicted octanol–water partition coefficient (Wildman–Crippen LogP) is 1.46. The van der Waals surface area contributed by atoms with Crippen molar-refractivity contribution in [3.8, 4) is 0 Å². The molecule has 1 aliphatic carbocycles. The summed E-state index contributed by atoms with van der Waals surface area (Å²) in [6.45, 7) is 3.43. The number of aromatic nitrogens is 2. The summed E-state index contributed by atoms with van der Waals surface area (Å²) in [5, 5.41) is 0.206. The molecule has 1 aromatic carbocycles. The Morgan fingerprint density at radius 2 is 2.05 bits per heavy atom. The Balaban J connectivity index is 2.33. The topological polar surface area (TPSA) is 95.1 Å². The standard InChI is InChI=1S/C16H17N3O3/c1-8-5-11(17)15-12(6-8)18-9(2)19(16(15)22)13-4-3-10(20)7-14(13)21/h5-6,13H,3-4,7,17H2,1-2H3/t13-/m0/s1/i13D. The molecule has 1 aliphatic rings. The molecule has 6 heteroatoms. The molecular formula is C16H17N3O3. The molecule has 0 amide bonds. The van der Waals surface area contributed by atoms with Gasteiger partial charge >= 0.3 is 0 Å². The Morgan fingerprint density at radius 1 is 1.32 bits per heavy atom. The number of nitrogen functional groups attached to an aromatic ring is 1. The largest absolute Gasteiger partial charge is 0.398 e. The minimum Gasteiger partial charge on any atom is -0.398 e. The third-order valence-corrected chi connectivity index (χ3v) is 3.91. The van der Waals surface area contributed by atoms with Gasteiger partial charge in [-0.15, -0.1) is 0 Å². The Kier molecular flexibility index (Phi) is 3.03. The van der Waals surface area contributed by atoms with Crippen LogP contribution in [0.4, 0.5) is 5.69 Å². The van der Waals surface area contributed by atoms with Crippen LogP contribution in [0, 0.1) is 13.8 Å². The fourth-order valence-electron chi connectivity index (χ4n) is 2.92. The number of hydrogen-bond acceptors (Lipinski definition) is 5. The normalized spacial score (nSPS) is 22.9. The molecule has 1 atom stereocenters. The maximum Gasteiger partial charge on any atom is 0.264 e. The van der Waals surface area contributed by atoms with E-state index in [4.69, 9.17) is 7.10 Å². The molecule has 1 heterocycles. The van der Waals surface area contributed by atoms with Crippen molar-refractivity contribution in [2.75, 3.05) is 5.73 Å². The number of anilines is 1. The van der Waals surface area contributed by atoms with Crippen LogP contribution in [-0.2, 0) is 9.59 Å². The molecule has 0 spiro atoms. The van der Waals surface area contributed by atoms with Crippen molar-refractivity contribution in [1.82, 2.24) is 9.55 Å². The van der Waals surface area contributed by atoms with E-state index in [9.17, 15) is 14.4 Å². The Bertz CT molecular complexity index is 919. The summed E-state index contributed by atoms with van der Waals surface area (Å²) in [5.74, 6) is -0.511. The molecule has 3 rings (SSSR count). The third kappa shape index (κ3) is 2.20. The number of ketones is 2. The second-order valence-electron chi connectivity index (χ2n) is 5.63. The van der Waals surface area contributed by atoms with E-state index in [0.29, 0.717) is 5.52 Å². The first-order chi connectivity index (χ1) is 10.7. The van der Waals surface area contributed by atoms with Crippen molar-refractivity contribution in [1.29, 1.82) is 0 Å². The highest BCUT2D eigenvalue weighted by Crippen LogP contribution is 2.25. The lowest BCUT2D eigenvalue weighted by Gasteiger charge is -2.24. The van der Waals surface area contributed by atoms with Crippen LogP contribution in [0.2, 0.25) is 0 Å². The summed E-state index contributed by atoms with van der Waals surface area (Å²) < 4.78 is 9.59. The molecule has 1 fully saturated rings. The molecular weight excluding hydrogens is 282 g/mol. The SMILES string of the molecule is [2H][C@]1(n2c(C)nc3cc(C)cc(N)c3c2=O)CCC(=O)CC1=O. The van der Waals surface area contributed by atoms with Gasteiger partial charge in [-0.1, -0.05) is 0 Å². The van der Waals surface area contributed by atoms with Gasteiger partial charge in [-0.05, 0) is 38.0 Å².